The Hall–Kier alpha value is -0.820. The van der Waals surface area contributed by atoms with Crippen molar-refractivity contribution in [1.29, 1.82) is 0 Å². The van der Waals surface area contributed by atoms with Gasteiger partial charge in [0.2, 0.25) is 0 Å². The van der Waals surface area contributed by atoms with Gasteiger partial charge in [-0.3, -0.25) is 0 Å². The molecule has 0 aromatic heterocycles. The van der Waals surface area contributed by atoms with E-state index in [4.69, 9.17) is 0 Å². The van der Waals surface area contributed by atoms with Gasteiger partial charge in [0, 0.05) is 0 Å². The molecule has 1 saturated carbocycles. The number of benzene rings is 1. The van der Waals surface area contributed by atoms with Gasteiger partial charge in [-0.2, -0.15) is 0 Å². The van der Waals surface area contributed by atoms with E-state index < -0.39 is 0 Å². The van der Waals surface area contributed by atoms with Gasteiger partial charge in [-0.25, -0.2) is 0 Å². The summed E-state index contributed by atoms with van der Waals surface area (Å²) in [5.41, 5.74) is 3.05. The lowest BCUT2D eigenvalue weighted by Gasteiger charge is -2.37. The van der Waals surface area contributed by atoms with Crippen molar-refractivity contribution in [3.63, 3.8) is 0 Å². The average Bonchev–Trinajstić information content (AvgIpc) is 2.36. The van der Waals surface area contributed by atoms with Crippen LogP contribution >= 0.6 is 0 Å². The summed E-state index contributed by atoms with van der Waals surface area (Å²) in [6.07, 6.45) is 6.48. The lowest BCUT2D eigenvalue weighted by molar-refractivity contribution is 0.246. The number of nitrogens with one attached hydrogen (secondary N) is 1. The van der Waals surface area contributed by atoms with E-state index in [0.717, 1.165) is 11.8 Å². The standard InChI is InChI=1S/C17H27N/c1-3-5-14-6-8-15(9-7-14)17-11-10-16(17)13-18-12-4-2/h6-9,16-18H,3-5,10-13H2,1-2H3. The largest absolute Gasteiger partial charge is 0.316 e. The molecule has 2 unspecified atom stereocenters. The Morgan fingerprint density at radius 1 is 1.06 bits per heavy atom. The summed E-state index contributed by atoms with van der Waals surface area (Å²) < 4.78 is 0. The van der Waals surface area contributed by atoms with Crippen LogP contribution in [-0.4, -0.2) is 13.1 Å². The molecular formula is C17H27N. The second kappa shape index (κ2) is 6.94. The maximum Gasteiger partial charge on any atom is -0.00147 e. The second-order valence-corrected chi connectivity index (χ2v) is 5.64. The highest BCUT2D eigenvalue weighted by atomic mass is 14.9. The Balaban J connectivity index is 1.87. The SMILES string of the molecule is CCCNCC1CCC1c1ccc(CCC)cc1. The van der Waals surface area contributed by atoms with Crippen LogP contribution < -0.4 is 5.32 Å². The van der Waals surface area contributed by atoms with Gasteiger partial charge >= 0.3 is 0 Å². The molecule has 0 saturated heterocycles. The highest BCUT2D eigenvalue weighted by Crippen LogP contribution is 2.42. The van der Waals surface area contributed by atoms with Crippen LogP contribution in [0.1, 0.15) is 56.6 Å². The van der Waals surface area contributed by atoms with Gasteiger partial charge in [0.15, 0.2) is 0 Å². The highest BCUT2D eigenvalue weighted by Gasteiger charge is 2.31. The molecule has 0 heterocycles. The molecule has 1 aliphatic carbocycles. The van der Waals surface area contributed by atoms with Gasteiger partial charge in [0.1, 0.15) is 0 Å². The molecule has 0 spiro atoms. The van der Waals surface area contributed by atoms with Crippen LogP contribution in [0.5, 0.6) is 0 Å². The maximum atomic E-state index is 3.57. The summed E-state index contributed by atoms with van der Waals surface area (Å²) >= 11 is 0. The monoisotopic (exact) mass is 245 g/mol. The van der Waals surface area contributed by atoms with Crippen LogP contribution in [0.15, 0.2) is 24.3 Å². The third kappa shape index (κ3) is 3.35. The molecule has 1 fully saturated rings. The van der Waals surface area contributed by atoms with E-state index in [-0.39, 0.29) is 0 Å². The van der Waals surface area contributed by atoms with Crippen molar-refractivity contribution in [2.45, 2.75) is 51.9 Å². The van der Waals surface area contributed by atoms with Crippen molar-refractivity contribution in [2.24, 2.45) is 5.92 Å². The Bertz CT molecular complexity index is 341. The fraction of sp³-hybridized carbons (Fsp3) is 0.647. The Morgan fingerprint density at radius 3 is 2.39 bits per heavy atom. The van der Waals surface area contributed by atoms with Gasteiger partial charge in [-0.1, -0.05) is 44.5 Å². The topological polar surface area (TPSA) is 12.0 Å². The first kappa shape index (κ1) is 13.6. The molecular weight excluding hydrogens is 218 g/mol. The molecule has 0 aliphatic heterocycles. The molecule has 0 radical (unpaired) electrons. The smallest absolute Gasteiger partial charge is 0.00147 e. The summed E-state index contributed by atoms with van der Waals surface area (Å²) in [6, 6.07) is 9.38. The predicted molar refractivity (Wildman–Crippen MR) is 79.1 cm³/mol. The zero-order chi connectivity index (χ0) is 12.8. The number of aryl methyl sites for hydroxylation is 1. The summed E-state index contributed by atoms with van der Waals surface area (Å²) in [5.74, 6) is 1.68. The Morgan fingerprint density at radius 2 is 1.83 bits per heavy atom. The van der Waals surface area contributed by atoms with Crippen LogP contribution in [0.2, 0.25) is 0 Å². The number of hydrogen-bond acceptors (Lipinski definition) is 1. The van der Waals surface area contributed by atoms with Crippen LogP contribution in [0.3, 0.4) is 0 Å². The lowest BCUT2D eigenvalue weighted by atomic mass is 9.70. The molecule has 1 aromatic rings. The molecule has 1 aromatic carbocycles. The minimum Gasteiger partial charge on any atom is -0.316 e. The van der Waals surface area contributed by atoms with Crippen LogP contribution in [0, 0.1) is 5.92 Å². The number of hydrogen-bond donors (Lipinski definition) is 1. The fourth-order valence-electron chi connectivity index (χ4n) is 2.94. The summed E-state index contributed by atoms with van der Waals surface area (Å²) in [6.45, 7) is 6.85. The van der Waals surface area contributed by atoms with Gasteiger partial charge in [-0.15, -0.1) is 0 Å². The Kier molecular flexibility index (Phi) is 5.25. The predicted octanol–water partition coefficient (Wildman–Crippen LogP) is 4.13. The van der Waals surface area contributed by atoms with Crippen LogP contribution in [0.4, 0.5) is 0 Å². The zero-order valence-electron chi connectivity index (χ0n) is 11.9. The molecule has 1 nitrogen and oxygen atoms in total. The second-order valence-electron chi connectivity index (χ2n) is 5.64. The molecule has 100 valence electrons. The van der Waals surface area contributed by atoms with E-state index in [1.807, 2.05) is 0 Å². The average molecular weight is 245 g/mol. The molecule has 1 heteroatoms. The lowest BCUT2D eigenvalue weighted by Crippen LogP contribution is -2.34. The molecule has 2 rings (SSSR count). The van der Waals surface area contributed by atoms with Crippen molar-refractivity contribution in [2.75, 3.05) is 13.1 Å². The molecule has 1 aliphatic rings. The van der Waals surface area contributed by atoms with E-state index >= 15 is 0 Å². The molecule has 18 heavy (non-hydrogen) atoms. The first-order valence-electron chi connectivity index (χ1n) is 7.64. The van der Waals surface area contributed by atoms with Gasteiger partial charge in [-0.05, 0) is 61.7 Å². The third-order valence-electron chi connectivity index (χ3n) is 4.20. The normalized spacial score (nSPS) is 22.8. The number of rotatable bonds is 7. The van der Waals surface area contributed by atoms with Crippen LogP contribution in [-0.2, 0) is 6.42 Å². The van der Waals surface area contributed by atoms with Crippen molar-refractivity contribution in [3.05, 3.63) is 35.4 Å². The first-order valence-corrected chi connectivity index (χ1v) is 7.64. The summed E-state index contributed by atoms with van der Waals surface area (Å²) in [4.78, 5) is 0. The zero-order valence-corrected chi connectivity index (χ0v) is 11.9. The quantitative estimate of drug-likeness (QED) is 0.712. The maximum absolute atomic E-state index is 3.57. The summed E-state index contributed by atoms with van der Waals surface area (Å²) in [7, 11) is 0. The van der Waals surface area contributed by atoms with Crippen molar-refractivity contribution >= 4 is 0 Å². The minimum atomic E-state index is 0.810. The van der Waals surface area contributed by atoms with E-state index in [9.17, 15) is 0 Å². The third-order valence-corrected chi connectivity index (χ3v) is 4.20. The van der Waals surface area contributed by atoms with Crippen molar-refractivity contribution in [3.8, 4) is 0 Å². The molecule has 0 amide bonds. The fourth-order valence-corrected chi connectivity index (χ4v) is 2.94. The van der Waals surface area contributed by atoms with E-state index in [1.54, 1.807) is 5.56 Å². The Labute approximate surface area is 112 Å². The van der Waals surface area contributed by atoms with Crippen molar-refractivity contribution < 1.29 is 0 Å². The molecule has 2 atom stereocenters. The van der Waals surface area contributed by atoms with Gasteiger partial charge < -0.3 is 5.32 Å². The van der Waals surface area contributed by atoms with E-state index in [1.165, 1.54) is 50.8 Å². The first-order chi connectivity index (χ1) is 8.85. The van der Waals surface area contributed by atoms with Gasteiger partial charge in [0.25, 0.3) is 0 Å². The summed E-state index contributed by atoms with van der Waals surface area (Å²) in [5, 5.41) is 3.57. The van der Waals surface area contributed by atoms with Crippen LogP contribution in [0.25, 0.3) is 0 Å². The van der Waals surface area contributed by atoms with E-state index in [2.05, 4.69) is 43.4 Å². The van der Waals surface area contributed by atoms with Gasteiger partial charge in [0.05, 0.1) is 0 Å². The molecule has 0 bridgehead atoms. The highest BCUT2D eigenvalue weighted by molar-refractivity contribution is 5.27. The molecule has 1 N–H and O–H groups in total. The minimum absolute atomic E-state index is 0.810. The van der Waals surface area contributed by atoms with Crippen molar-refractivity contribution in [1.82, 2.24) is 5.32 Å². The van der Waals surface area contributed by atoms with E-state index in [0.29, 0.717) is 0 Å².